The second-order valence-corrected chi connectivity index (χ2v) is 8.48. The van der Waals surface area contributed by atoms with E-state index in [9.17, 15) is 5.11 Å². The highest BCUT2D eigenvalue weighted by Crippen LogP contribution is 2.28. The monoisotopic (exact) mass is 348 g/mol. The van der Waals surface area contributed by atoms with E-state index in [4.69, 9.17) is 0 Å². The standard InChI is InChI=1S/C18H28N4OS/c1-13(2)9-15-6-7-16(24-15)11-22-8-4-5-14(10-22)18-20-19-17(12-23)21(18)3/h6-7,13-14,23H,4-5,8-12H2,1-3H3/t14-/m1/s1. The fourth-order valence-corrected chi connectivity index (χ4v) is 4.79. The number of nitrogens with zero attached hydrogens (tertiary/aromatic N) is 4. The SMILES string of the molecule is CC(C)Cc1ccc(CN2CCC[C@@H](c3nnc(CO)n3C)C2)s1. The lowest BCUT2D eigenvalue weighted by atomic mass is 9.97. The summed E-state index contributed by atoms with van der Waals surface area (Å²) in [5.41, 5.74) is 0. The smallest absolute Gasteiger partial charge is 0.158 e. The summed E-state index contributed by atoms with van der Waals surface area (Å²) in [6, 6.07) is 4.58. The third-order valence-corrected chi connectivity index (χ3v) is 5.81. The summed E-state index contributed by atoms with van der Waals surface area (Å²) >= 11 is 1.95. The van der Waals surface area contributed by atoms with Crippen LogP contribution >= 0.6 is 11.3 Å². The molecule has 0 saturated carbocycles. The zero-order valence-electron chi connectivity index (χ0n) is 14.9. The third kappa shape index (κ3) is 4.05. The first-order chi connectivity index (χ1) is 11.6. The van der Waals surface area contributed by atoms with Gasteiger partial charge in [0.15, 0.2) is 5.82 Å². The number of thiophene rings is 1. The number of aliphatic hydroxyl groups excluding tert-OH is 1. The summed E-state index contributed by atoms with van der Waals surface area (Å²) in [4.78, 5) is 5.49. The van der Waals surface area contributed by atoms with Crippen molar-refractivity contribution in [3.05, 3.63) is 33.5 Å². The van der Waals surface area contributed by atoms with E-state index in [1.165, 1.54) is 22.6 Å². The molecule has 2 aromatic rings. The van der Waals surface area contributed by atoms with Gasteiger partial charge in [-0.05, 0) is 43.9 Å². The summed E-state index contributed by atoms with van der Waals surface area (Å²) < 4.78 is 1.96. The van der Waals surface area contributed by atoms with Crippen molar-refractivity contribution in [2.75, 3.05) is 13.1 Å². The minimum absolute atomic E-state index is 0.0479. The van der Waals surface area contributed by atoms with Crippen LogP contribution in [0, 0.1) is 5.92 Å². The van der Waals surface area contributed by atoms with Crippen LogP contribution in [0.25, 0.3) is 0 Å². The van der Waals surface area contributed by atoms with Gasteiger partial charge < -0.3 is 9.67 Å². The Morgan fingerprint density at radius 3 is 2.79 bits per heavy atom. The predicted octanol–water partition coefficient (Wildman–Crippen LogP) is 2.95. The minimum atomic E-state index is -0.0479. The molecule has 1 saturated heterocycles. The van der Waals surface area contributed by atoms with Gasteiger partial charge in [-0.3, -0.25) is 4.90 Å². The average Bonchev–Trinajstić information content (AvgIpc) is 3.13. The van der Waals surface area contributed by atoms with E-state index in [0.717, 1.165) is 31.9 Å². The van der Waals surface area contributed by atoms with Crippen molar-refractivity contribution in [2.45, 2.75) is 52.2 Å². The van der Waals surface area contributed by atoms with Gasteiger partial charge >= 0.3 is 0 Å². The Labute approximate surface area is 148 Å². The van der Waals surface area contributed by atoms with Crippen molar-refractivity contribution in [3.63, 3.8) is 0 Å². The number of hydrogen-bond donors (Lipinski definition) is 1. The summed E-state index contributed by atoms with van der Waals surface area (Å²) in [6.45, 7) is 7.71. The first-order valence-corrected chi connectivity index (χ1v) is 9.67. The van der Waals surface area contributed by atoms with Crippen molar-refractivity contribution < 1.29 is 5.11 Å². The van der Waals surface area contributed by atoms with Crippen molar-refractivity contribution >= 4 is 11.3 Å². The number of piperidine rings is 1. The zero-order valence-corrected chi connectivity index (χ0v) is 15.7. The molecule has 24 heavy (non-hydrogen) atoms. The Hall–Kier alpha value is -1.24. The molecule has 5 nitrogen and oxygen atoms in total. The summed E-state index contributed by atoms with van der Waals surface area (Å²) in [7, 11) is 1.96. The van der Waals surface area contributed by atoms with Crippen LogP contribution in [0.15, 0.2) is 12.1 Å². The Morgan fingerprint density at radius 1 is 1.29 bits per heavy atom. The molecule has 0 radical (unpaired) electrons. The molecule has 0 amide bonds. The normalized spacial score (nSPS) is 19.3. The van der Waals surface area contributed by atoms with Crippen molar-refractivity contribution in [1.82, 2.24) is 19.7 Å². The highest BCUT2D eigenvalue weighted by Gasteiger charge is 2.26. The molecule has 0 bridgehead atoms. The lowest BCUT2D eigenvalue weighted by Crippen LogP contribution is -2.34. The highest BCUT2D eigenvalue weighted by molar-refractivity contribution is 7.11. The first-order valence-electron chi connectivity index (χ1n) is 8.85. The van der Waals surface area contributed by atoms with Crippen molar-refractivity contribution in [1.29, 1.82) is 0 Å². The molecule has 0 unspecified atom stereocenters. The molecule has 6 heteroatoms. The van der Waals surface area contributed by atoms with Crippen molar-refractivity contribution in [2.24, 2.45) is 13.0 Å². The molecule has 1 atom stereocenters. The number of rotatable bonds is 6. The average molecular weight is 349 g/mol. The molecule has 132 valence electrons. The molecule has 1 aliphatic heterocycles. The van der Waals surface area contributed by atoms with Crippen LogP contribution in [0.1, 0.15) is 54.0 Å². The lowest BCUT2D eigenvalue weighted by molar-refractivity contribution is 0.196. The molecule has 1 N–H and O–H groups in total. The number of likely N-dealkylation sites (tertiary alicyclic amines) is 1. The van der Waals surface area contributed by atoms with Gasteiger partial charge in [-0.15, -0.1) is 21.5 Å². The van der Waals surface area contributed by atoms with E-state index in [1.807, 2.05) is 23.0 Å². The maximum absolute atomic E-state index is 9.31. The fraction of sp³-hybridized carbons (Fsp3) is 0.667. The van der Waals surface area contributed by atoms with Crippen LogP contribution < -0.4 is 0 Å². The van der Waals surface area contributed by atoms with Gasteiger partial charge in [-0.2, -0.15) is 0 Å². The van der Waals surface area contributed by atoms with Gasteiger partial charge in [0, 0.05) is 35.8 Å². The first kappa shape index (κ1) is 17.6. The molecule has 1 fully saturated rings. The second-order valence-electron chi connectivity index (χ2n) is 7.23. The Balaban J connectivity index is 1.63. The predicted molar refractivity (Wildman–Crippen MR) is 97.0 cm³/mol. The maximum atomic E-state index is 9.31. The van der Waals surface area contributed by atoms with Crippen LogP contribution in [0.5, 0.6) is 0 Å². The zero-order chi connectivity index (χ0) is 17.1. The quantitative estimate of drug-likeness (QED) is 0.872. The van der Waals surface area contributed by atoms with Crippen LogP contribution in [-0.4, -0.2) is 37.9 Å². The van der Waals surface area contributed by atoms with E-state index in [0.29, 0.717) is 17.7 Å². The Bertz CT molecular complexity index is 664. The van der Waals surface area contributed by atoms with E-state index < -0.39 is 0 Å². The molecule has 0 spiro atoms. The second kappa shape index (κ2) is 7.76. The van der Waals surface area contributed by atoms with Gasteiger partial charge in [-0.25, -0.2) is 0 Å². The summed E-state index contributed by atoms with van der Waals surface area (Å²) in [5, 5.41) is 17.7. The molecular weight excluding hydrogens is 320 g/mol. The van der Waals surface area contributed by atoms with E-state index in [2.05, 4.69) is 41.1 Å². The molecule has 0 aromatic carbocycles. The number of aliphatic hydroxyl groups is 1. The summed E-state index contributed by atoms with van der Waals surface area (Å²) in [6.07, 6.45) is 3.52. The van der Waals surface area contributed by atoms with Gasteiger partial charge in [0.2, 0.25) is 0 Å². The van der Waals surface area contributed by atoms with Crippen LogP contribution in [0.4, 0.5) is 0 Å². The number of hydrogen-bond acceptors (Lipinski definition) is 5. The third-order valence-electron chi connectivity index (χ3n) is 4.72. The molecule has 3 heterocycles. The summed E-state index contributed by atoms with van der Waals surface area (Å²) in [5.74, 6) is 2.79. The van der Waals surface area contributed by atoms with Gasteiger partial charge in [0.25, 0.3) is 0 Å². The van der Waals surface area contributed by atoms with E-state index in [-0.39, 0.29) is 6.61 Å². The number of aromatic nitrogens is 3. The molecule has 1 aliphatic rings. The van der Waals surface area contributed by atoms with Crippen LogP contribution in [0.3, 0.4) is 0 Å². The Morgan fingerprint density at radius 2 is 2.08 bits per heavy atom. The maximum Gasteiger partial charge on any atom is 0.158 e. The fourth-order valence-electron chi connectivity index (χ4n) is 3.52. The van der Waals surface area contributed by atoms with Gasteiger partial charge in [-0.1, -0.05) is 13.8 Å². The molecule has 2 aromatic heterocycles. The van der Waals surface area contributed by atoms with Crippen LogP contribution in [-0.2, 0) is 26.6 Å². The highest BCUT2D eigenvalue weighted by atomic mass is 32.1. The van der Waals surface area contributed by atoms with Crippen LogP contribution in [0.2, 0.25) is 0 Å². The van der Waals surface area contributed by atoms with E-state index in [1.54, 1.807) is 0 Å². The minimum Gasteiger partial charge on any atom is -0.388 e. The molecular formula is C18H28N4OS. The Kier molecular flexibility index (Phi) is 5.69. The van der Waals surface area contributed by atoms with Gasteiger partial charge in [0.1, 0.15) is 12.4 Å². The largest absolute Gasteiger partial charge is 0.388 e. The van der Waals surface area contributed by atoms with Gasteiger partial charge in [0.05, 0.1) is 0 Å². The topological polar surface area (TPSA) is 54.2 Å². The van der Waals surface area contributed by atoms with Crippen molar-refractivity contribution in [3.8, 4) is 0 Å². The molecule has 0 aliphatic carbocycles. The van der Waals surface area contributed by atoms with E-state index >= 15 is 0 Å². The lowest BCUT2D eigenvalue weighted by Gasteiger charge is -2.31. The molecule has 3 rings (SSSR count).